The monoisotopic (exact) mass is 358 g/mol. The second kappa shape index (κ2) is 6.11. The zero-order chi connectivity index (χ0) is 17.6. The molecule has 0 bridgehead atoms. The van der Waals surface area contributed by atoms with Crippen molar-refractivity contribution in [2.75, 3.05) is 6.54 Å². The van der Waals surface area contributed by atoms with E-state index in [0.29, 0.717) is 11.5 Å². The predicted octanol–water partition coefficient (Wildman–Crippen LogP) is 2.84. The predicted molar refractivity (Wildman–Crippen MR) is 92.9 cm³/mol. The molecule has 0 aromatic carbocycles. The summed E-state index contributed by atoms with van der Waals surface area (Å²) >= 11 is 1.36. The zero-order valence-electron chi connectivity index (χ0n) is 14.0. The fourth-order valence-electron chi connectivity index (χ4n) is 3.18. The van der Waals surface area contributed by atoms with Crippen molar-refractivity contribution in [1.82, 2.24) is 19.4 Å². The molecule has 1 fully saturated rings. The van der Waals surface area contributed by atoms with E-state index < -0.39 is 0 Å². The Labute approximate surface area is 147 Å². The third-order valence-corrected chi connectivity index (χ3v) is 5.31. The van der Waals surface area contributed by atoms with E-state index >= 15 is 0 Å². The molecule has 0 spiro atoms. The molecule has 0 saturated carbocycles. The lowest BCUT2D eigenvalue weighted by molar-refractivity contribution is 0.0728. The minimum Gasteiger partial charge on any atom is -0.361 e. The van der Waals surface area contributed by atoms with Crippen molar-refractivity contribution < 1.29 is 9.32 Å². The summed E-state index contributed by atoms with van der Waals surface area (Å²) in [5, 5.41) is 5.92. The van der Waals surface area contributed by atoms with E-state index in [2.05, 4.69) is 10.1 Å². The van der Waals surface area contributed by atoms with Crippen LogP contribution in [0.1, 0.15) is 60.5 Å². The van der Waals surface area contributed by atoms with Gasteiger partial charge in [-0.2, -0.15) is 0 Å². The molecule has 130 valence electrons. The quantitative estimate of drug-likeness (QED) is 0.719. The largest absolute Gasteiger partial charge is 0.361 e. The van der Waals surface area contributed by atoms with Gasteiger partial charge in [0.15, 0.2) is 4.96 Å². The molecule has 4 rings (SSSR count). The molecule has 1 unspecified atom stereocenters. The van der Waals surface area contributed by atoms with Crippen molar-refractivity contribution >= 4 is 22.2 Å². The summed E-state index contributed by atoms with van der Waals surface area (Å²) in [7, 11) is 0. The lowest BCUT2D eigenvalue weighted by Gasteiger charge is -2.22. The first-order valence-corrected chi connectivity index (χ1v) is 9.16. The molecule has 1 aliphatic heterocycles. The lowest BCUT2D eigenvalue weighted by Crippen LogP contribution is -2.35. The number of amides is 1. The van der Waals surface area contributed by atoms with Crippen molar-refractivity contribution in [1.29, 1.82) is 0 Å². The first-order chi connectivity index (χ1) is 12.1. The highest BCUT2D eigenvalue weighted by molar-refractivity contribution is 7.15. The van der Waals surface area contributed by atoms with Crippen LogP contribution in [-0.2, 0) is 0 Å². The van der Waals surface area contributed by atoms with Gasteiger partial charge < -0.3 is 9.42 Å². The number of fused-ring (bicyclic) bond motifs is 1. The number of hydrogen-bond donors (Lipinski definition) is 0. The molecule has 1 saturated heterocycles. The van der Waals surface area contributed by atoms with Gasteiger partial charge in [0, 0.05) is 36.3 Å². The highest BCUT2D eigenvalue weighted by Gasteiger charge is 2.34. The minimum absolute atomic E-state index is 0.0929. The summed E-state index contributed by atoms with van der Waals surface area (Å²) < 4.78 is 6.79. The third kappa shape index (κ3) is 2.66. The van der Waals surface area contributed by atoms with Crippen molar-refractivity contribution in [2.45, 2.75) is 38.6 Å². The van der Waals surface area contributed by atoms with Crippen LogP contribution in [0.3, 0.4) is 0 Å². The van der Waals surface area contributed by atoms with E-state index in [1.165, 1.54) is 21.9 Å². The van der Waals surface area contributed by atoms with Crippen LogP contribution < -0.4 is 5.56 Å². The first-order valence-electron chi connectivity index (χ1n) is 8.28. The van der Waals surface area contributed by atoms with Gasteiger partial charge in [0.2, 0.25) is 0 Å². The van der Waals surface area contributed by atoms with Crippen LogP contribution in [0.2, 0.25) is 0 Å². The minimum atomic E-state index is -0.329. The highest BCUT2D eigenvalue weighted by atomic mass is 32.1. The molecular formula is C17H18N4O3S. The standard InChI is InChI=1S/C17H18N4O3S/c1-10(2)14-8-12(19-24-14)13-4-3-5-20(13)15(22)11-9-18-17-21(16(11)23)6-7-25-17/h6-10,13H,3-5H2,1-2H3. The highest BCUT2D eigenvalue weighted by Crippen LogP contribution is 2.33. The first kappa shape index (κ1) is 16.0. The SMILES string of the molecule is CC(C)c1cc(C2CCCN2C(=O)c2cnc3sccn3c2=O)no1. The van der Waals surface area contributed by atoms with Gasteiger partial charge in [0.1, 0.15) is 17.0 Å². The van der Waals surface area contributed by atoms with Crippen LogP contribution in [0.15, 0.2) is 33.2 Å². The van der Waals surface area contributed by atoms with Crippen molar-refractivity contribution in [3.05, 3.63) is 51.2 Å². The maximum absolute atomic E-state index is 13.0. The molecule has 3 aromatic heterocycles. The Hall–Kier alpha value is -2.48. The van der Waals surface area contributed by atoms with E-state index in [1.807, 2.05) is 19.9 Å². The lowest BCUT2D eigenvalue weighted by atomic mass is 10.1. The Balaban J connectivity index is 1.67. The molecule has 1 amide bonds. The Kier molecular flexibility index (Phi) is 3.91. The summed E-state index contributed by atoms with van der Waals surface area (Å²) in [5.74, 6) is 0.743. The van der Waals surface area contributed by atoms with E-state index in [9.17, 15) is 9.59 Å². The number of carbonyl (C=O) groups is 1. The zero-order valence-corrected chi connectivity index (χ0v) is 14.8. The van der Waals surface area contributed by atoms with Gasteiger partial charge in [-0.25, -0.2) is 4.98 Å². The van der Waals surface area contributed by atoms with Crippen LogP contribution in [0, 0.1) is 0 Å². The van der Waals surface area contributed by atoms with E-state index in [0.717, 1.165) is 24.3 Å². The summed E-state index contributed by atoms with van der Waals surface area (Å²) in [6.07, 6.45) is 4.70. The van der Waals surface area contributed by atoms with Gasteiger partial charge in [-0.05, 0) is 12.8 Å². The molecule has 3 aromatic rings. The van der Waals surface area contributed by atoms with Gasteiger partial charge in [0.25, 0.3) is 11.5 Å². The Morgan fingerprint density at radius 1 is 1.44 bits per heavy atom. The van der Waals surface area contributed by atoms with E-state index in [4.69, 9.17) is 4.52 Å². The van der Waals surface area contributed by atoms with Gasteiger partial charge in [0.05, 0.1) is 6.04 Å². The number of carbonyl (C=O) groups excluding carboxylic acids is 1. The van der Waals surface area contributed by atoms with Gasteiger partial charge in [-0.15, -0.1) is 11.3 Å². The number of hydrogen-bond acceptors (Lipinski definition) is 6. The second-order valence-corrected chi connectivity index (χ2v) is 7.37. The molecule has 1 atom stereocenters. The summed E-state index contributed by atoms with van der Waals surface area (Å²) in [4.78, 5) is 32.1. The summed E-state index contributed by atoms with van der Waals surface area (Å²) in [5.41, 5.74) is 0.513. The fraction of sp³-hybridized carbons (Fsp3) is 0.412. The topological polar surface area (TPSA) is 80.7 Å². The maximum atomic E-state index is 13.0. The molecule has 7 nitrogen and oxygen atoms in total. The van der Waals surface area contributed by atoms with Crippen LogP contribution >= 0.6 is 11.3 Å². The Bertz CT molecular complexity index is 987. The molecule has 8 heteroatoms. The van der Waals surface area contributed by atoms with Crippen molar-refractivity contribution in [2.24, 2.45) is 0 Å². The number of thiazole rings is 1. The van der Waals surface area contributed by atoms with Gasteiger partial charge in [-0.3, -0.25) is 14.0 Å². The van der Waals surface area contributed by atoms with Crippen LogP contribution in [0.4, 0.5) is 0 Å². The van der Waals surface area contributed by atoms with Gasteiger partial charge >= 0.3 is 0 Å². The maximum Gasteiger partial charge on any atom is 0.271 e. The summed E-state index contributed by atoms with van der Waals surface area (Å²) in [6, 6.07) is 1.75. The number of aromatic nitrogens is 3. The number of nitrogens with zero attached hydrogens (tertiary/aromatic N) is 4. The molecular weight excluding hydrogens is 340 g/mol. The molecule has 0 N–H and O–H groups in total. The molecule has 25 heavy (non-hydrogen) atoms. The molecule has 0 radical (unpaired) electrons. The average Bonchev–Trinajstić information content (AvgIpc) is 3.33. The normalized spacial score (nSPS) is 17.7. The van der Waals surface area contributed by atoms with Crippen LogP contribution in [0.5, 0.6) is 0 Å². The summed E-state index contributed by atoms with van der Waals surface area (Å²) in [6.45, 7) is 4.66. The average molecular weight is 358 g/mol. The van der Waals surface area contributed by atoms with E-state index in [-0.39, 0.29) is 29.0 Å². The Morgan fingerprint density at radius 3 is 3.04 bits per heavy atom. The molecule has 0 aliphatic carbocycles. The van der Waals surface area contributed by atoms with Crippen LogP contribution in [-0.4, -0.2) is 31.9 Å². The number of rotatable bonds is 3. The fourth-order valence-corrected chi connectivity index (χ4v) is 3.85. The van der Waals surface area contributed by atoms with Crippen molar-refractivity contribution in [3.8, 4) is 0 Å². The molecule has 1 aliphatic rings. The number of likely N-dealkylation sites (tertiary alicyclic amines) is 1. The van der Waals surface area contributed by atoms with Crippen LogP contribution in [0.25, 0.3) is 4.96 Å². The van der Waals surface area contributed by atoms with Gasteiger partial charge in [-0.1, -0.05) is 19.0 Å². The second-order valence-electron chi connectivity index (χ2n) is 6.50. The third-order valence-electron chi connectivity index (χ3n) is 4.54. The van der Waals surface area contributed by atoms with Crippen molar-refractivity contribution in [3.63, 3.8) is 0 Å². The molecule has 4 heterocycles. The van der Waals surface area contributed by atoms with E-state index in [1.54, 1.807) is 16.5 Å². The Morgan fingerprint density at radius 2 is 2.28 bits per heavy atom. The smallest absolute Gasteiger partial charge is 0.271 e.